The second-order valence-electron chi connectivity index (χ2n) is 5.28. The first-order valence-corrected chi connectivity index (χ1v) is 6.97. The van der Waals surface area contributed by atoms with Crippen LogP contribution >= 0.6 is 0 Å². The van der Waals surface area contributed by atoms with Crippen molar-refractivity contribution in [3.05, 3.63) is 65.0 Å². The van der Waals surface area contributed by atoms with Crippen LogP contribution in [0.3, 0.4) is 0 Å². The summed E-state index contributed by atoms with van der Waals surface area (Å²) in [5.74, 6) is -0.490. The Hall–Kier alpha value is -2.69. The Morgan fingerprint density at radius 2 is 1.95 bits per heavy atom. The Labute approximate surface area is 127 Å². The molecule has 0 saturated heterocycles. The summed E-state index contributed by atoms with van der Waals surface area (Å²) in [5, 5.41) is 2.79. The van der Waals surface area contributed by atoms with Crippen LogP contribution in [0.5, 0.6) is 0 Å². The lowest BCUT2D eigenvalue weighted by Gasteiger charge is -2.10. The number of carbonyl (C=O) groups excluding carboxylic acids is 2. The molecule has 112 valence electrons. The zero-order valence-electron chi connectivity index (χ0n) is 12.1. The summed E-state index contributed by atoms with van der Waals surface area (Å²) in [4.78, 5) is 25.4. The lowest BCUT2D eigenvalue weighted by Crippen LogP contribution is -2.23. The highest BCUT2D eigenvalue weighted by molar-refractivity contribution is 6.03. The zero-order valence-corrected chi connectivity index (χ0v) is 12.1. The van der Waals surface area contributed by atoms with Crippen molar-refractivity contribution in [2.24, 2.45) is 0 Å². The molecule has 5 heteroatoms. The van der Waals surface area contributed by atoms with Gasteiger partial charge in [0.1, 0.15) is 5.82 Å². The standard InChI is InChI=1S/C17H15FN2O2/c1-20-15-7-4-12(8-13(15)9-16(20)21)17(22)19-10-11-2-5-14(18)6-3-11/h2-8H,9-10H2,1H3,(H,19,22). The summed E-state index contributed by atoms with van der Waals surface area (Å²) in [6, 6.07) is 11.2. The first-order valence-electron chi connectivity index (χ1n) is 6.97. The quantitative estimate of drug-likeness (QED) is 0.945. The van der Waals surface area contributed by atoms with Crippen molar-refractivity contribution in [3.8, 4) is 0 Å². The first-order chi connectivity index (χ1) is 10.5. The Balaban J connectivity index is 1.70. The predicted molar refractivity (Wildman–Crippen MR) is 81.1 cm³/mol. The maximum Gasteiger partial charge on any atom is 0.251 e. The van der Waals surface area contributed by atoms with E-state index in [1.54, 1.807) is 42.3 Å². The molecule has 0 fully saturated rings. The molecule has 1 N–H and O–H groups in total. The second-order valence-corrected chi connectivity index (χ2v) is 5.28. The van der Waals surface area contributed by atoms with Crippen molar-refractivity contribution in [2.45, 2.75) is 13.0 Å². The minimum absolute atomic E-state index is 0.0267. The molecule has 0 radical (unpaired) electrons. The molecule has 22 heavy (non-hydrogen) atoms. The smallest absolute Gasteiger partial charge is 0.251 e. The van der Waals surface area contributed by atoms with Crippen LogP contribution in [-0.2, 0) is 17.8 Å². The molecule has 2 amide bonds. The molecule has 0 spiro atoms. The van der Waals surface area contributed by atoms with Gasteiger partial charge in [-0.1, -0.05) is 12.1 Å². The summed E-state index contributed by atoms with van der Waals surface area (Å²) in [6.45, 7) is 0.328. The van der Waals surface area contributed by atoms with Crippen LogP contribution < -0.4 is 10.2 Å². The summed E-state index contributed by atoms with van der Waals surface area (Å²) in [6.07, 6.45) is 0.324. The Morgan fingerprint density at radius 1 is 1.23 bits per heavy atom. The molecule has 0 atom stereocenters. The van der Waals surface area contributed by atoms with Crippen LogP contribution in [0.1, 0.15) is 21.5 Å². The number of carbonyl (C=O) groups is 2. The molecule has 1 aliphatic rings. The molecule has 0 unspecified atom stereocenters. The number of anilines is 1. The number of likely N-dealkylation sites (N-methyl/N-ethyl adjacent to an activating group) is 1. The number of benzene rings is 2. The molecule has 0 aliphatic carbocycles. The predicted octanol–water partition coefficient (Wildman–Crippen LogP) is 2.27. The van der Waals surface area contributed by atoms with Crippen LogP contribution in [0.4, 0.5) is 10.1 Å². The average Bonchev–Trinajstić information content (AvgIpc) is 2.80. The van der Waals surface area contributed by atoms with Gasteiger partial charge in [-0.05, 0) is 41.5 Å². The van der Waals surface area contributed by atoms with Gasteiger partial charge in [0.2, 0.25) is 5.91 Å². The van der Waals surface area contributed by atoms with Gasteiger partial charge in [-0.3, -0.25) is 9.59 Å². The van der Waals surface area contributed by atoms with Crippen LogP contribution in [0.2, 0.25) is 0 Å². The number of hydrogen-bond acceptors (Lipinski definition) is 2. The number of rotatable bonds is 3. The third-order valence-corrected chi connectivity index (χ3v) is 3.79. The van der Waals surface area contributed by atoms with Crippen molar-refractivity contribution in [1.82, 2.24) is 5.32 Å². The van der Waals surface area contributed by atoms with Gasteiger partial charge in [0, 0.05) is 24.8 Å². The van der Waals surface area contributed by atoms with Crippen LogP contribution in [0.15, 0.2) is 42.5 Å². The Kier molecular flexibility index (Phi) is 3.63. The molecule has 3 rings (SSSR count). The average molecular weight is 298 g/mol. The molecular weight excluding hydrogens is 283 g/mol. The fraction of sp³-hybridized carbons (Fsp3) is 0.176. The van der Waals surface area contributed by atoms with Gasteiger partial charge in [-0.2, -0.15) is 0 Å². The fourth-order valence-electron chi connectivity index (χ4n) is 2.50. The van der Waals surface area contributed by atoms with Crippen LogP contribution in [0, 0.1) is 5.82 Å². The van der Waals surface area contributed by atoms with E-state index in [4.69, 9.17) is 0 Å². The van der Waals surface area contributed by atoms with Crippen molar-refractivity contribution in [1.29, 1.82) is 0 Å². The van der Waals surface area contributed by atoms with E-state index in [0.29, 0.717) is 18.5 Å². The molecule has 1 aliphatic heterocycles. The molecule has 1 heterocycles. The minimum atomic E-state index is -0.303. The largest absolute Gasteiger partial charge is 0.348 e. The van der Waals surface area contributed by atoms with E-state index in [2.05, 4.69) is 5.32 Å². The topological polar surface area (TPSA) is 49.4 Å². The third-order valence-electron chi connectivity index (χ3n) is 3.79. The maximum absolute atomic E-state index is 12.8. The Bertz CT molecular complexity index is 741. The van der Waals surface area contributed by atoms with E-state index in [1.807, 2.05) is 0 Å². The lowest BCUT2D eigenvalue weighted by atomic mass is 10.1. The second kappa shape index (κ2) is 5.60. The van der Waals surface area contributed by atoms with E-state index >= 15 is 0 Å². The molecule has 2 aromatic rings. The van der Waals surface area contributed by atoms with E-state index in [9.17, 15) is 14.0 Å². The number of hydrogen-bond donors (Lipinski definition) is 1. The van der Waals surface area contributed by atoms with Crippen molar-refractivity contribution in [2.75, 3.05) is 11.9 Å². The number of fused-ring (bicyclic) bond motifs is 1. The fourth-order valence-corrected chi connectivity index (χ4v) is 2.50. The van der Waals surface area contributed by atoms with E-state index in [0.717, 1.165) is 16.8 Å². The van der Waals surface area contributed by atoms with Gasteiger partial charge in [0.25, 0.3) is 5.91 Å². The van der Waals surface area contributed by atoms with Gasteiger partial charge >= 0.3 is 0 Å². The van der Waals surface area contributed by atoms with Crippen LogP contribution in [0.25, 0.3) is 0 Å². The van der Waals surface area contributed by atoms with E-state index < -0.39 is 0 Å². The third kappa shape index (κ3) is 2.70. The highest BCUT2D eigenvalue weighted by Crippen LogP contribution is 2.28. The normalized spacial score (nSPS) is 13.2. The molecule has 2 aromatic carbocycles. The zero-order chi connectivity index (χ0) is 15.7. The van der Waals surface area contributed by atoms with Gasteiger partial charge in [0.15, 0.2) is 0 Å². The van der Waals surface area contributed by atoms with Crippen molar-refractivity contribution < 1.29 is 14.0 Å². The first kappa shape index (κ1) is 14.3. The molecule has 0 aromatic heterocycles. The summed E-state index contributed by atoms with van der Waals surface area (Å²) in [5.41, 5.74) is 3.05. The molecule has 0 saturated carbocycles. The highest BCUT2D eigenvalue weighted by Gasteiger charge is 2.24. The number of nitrogens with zero attached hydrogens (tertiary/aromatic N) is 1. The number of amides is 2. The molecular formula is C17H15FN2O2. The van der Waals surface area contributed by atoms with Crippen molar-refractivity contribution >= 4 is 17.5 Å². The summed E-state index contributed by atoms with van der Waals surface area (Å²) < 4.78 is 12.8. The van der Waals surface area contributed by atoms with Crippen LogP contribution in [-0.4, -0.2) is 18.9 Å². The molecule has 0 bridgehead atoms. The number of halogens is 1. The Morgan fingerprint density at radius 3 is 2.68 bits per heavy atom. The summed E-state index contributed by atoms with van der Waals surface area (Å²) in [7, 11) is 1.72. The SMILES string of the molecule is CN1C(=O)Cc2cc(C(=O)NCc3ccc(F)cc3)ccc21. The highest BCUT2D eigenvalue weighted by atomic mass is 19.1. The van der Waals surface area contributed by atoms with Gasteiger partial charge in [-0.15, -0.1) is 0 Å². The van der Waals surface area contributed by atoms with Gasteiger partial charge in [0.05, 0.1) is 6.42 Å². The molecule has 4 nitrogen and oxygen atoms in total. The minimum Gasteiger partial charge on any atom is -0.348 e. The van der Waals surface area contributed by atoms with E-state index in [1.165, 1.54) is 12.1 Å². The monoisotopic (exact) mass is 298 g/mol. The van der Waals surface area contributed by atoms with Crippen molar-refractivity contribution in [3.63, 3.8) is 0 Å². The maximum atomic E-state index is 12.8. The van der Waals surface area contributed by atoms with Gasteiger partial charge < -0.3 is 10.2 Å². The van der Waals surface area contributed by atoms with E-state index in [-0.39, 0.29) is 17.6 Å². The lowest BCUT2D eigenvalue weighted by molar-refractivity contribution is -0.117. The number of nitrogens with one attached hydrogen (secondary N) is 1. The summed E-state index contributed by atoms with van der Waals surface area (Å²) >= 11 is 0. The van der Waals surface area contributed by atoms with Gasteiger partial charge in [-0.25, -0.2) is 4.39 Å².